The van der Waals surface area contributed by atoms with Gasteiger partial charge in [0.1, 0.15) is 5.82 Å². The number of thioether (sulfide) groups is 1. The Balaban J connectivity index is 1.59. The van der Waals surface area contributed by atoms with Crippen LogP contribution in [0.25, 0.3) is 5.69 Å². The molecule has 0 aliphatic carbocycles. The quantitative estimate of drug-likeness (QED) is 0.652. The third-order valence-electron chi connectivity index (χ3n) is 3.59. The summed E-state index contributed by atoms with van der Waals surface area (Å²) < 4.78 is 14.5. The SMILES string of the molecule is C[C@@H](NC(=O)CSc1nnnn1-c1ccc(Cl)cc1)c1ccc(F)cc1. The molecule has 0 saturated carbocycles. The number of hydrogen-bond donors (Lipinski definition) is 1. The molecule has 2 aromatic carbocycles. The van der Waals surface area contributed by atoms with Crippen LogP contribution in [0.4, 0.5) is 4.39 Å². The average Bonchev–Trinajstić information content (AvgIpc) is 3.09. The predicted molar refractivity (Wildman–Crippen MR) is 97.8 cm³/mol. The van der Waals surface area contributed by atoms with E-state index < -0.39 is 0 Å². The molecule has 1 aromatic heterocycles. The van der Waals surface area contributed by atoms with Crippen LogP contribution < -0.4 is 5.32 Å². The number of carbonyl (C=O) groups excluding carboxylic acids is 1. The lowest BCUT2D eigenvalue weighted by Gasteiger charge is -2.14. The monoisotopic (exact) mass is 391 g/mol. The number of hydrogen-bond acceptors (Lipinski definition) is 5. The molecular weight excluding hydrogens is 377 g/mol. The van der Waals surface area contributed by atoms with Crippen molar-refractivity contribution < 1.29 is 9.18 Å². The van der Waals surface area contributed by atoms with Crippen LogP contribution in [0, 0.1) is 5.82 Å². The van der Waals surface area contributed by atoms with Crippen molar-refractivity contribution >= 4 is 29.3 Å². The lowest BCUT2D eigenvalue weighted by atomic mass is 10.1. The van der Waals surface area contributed by atoms with Gasteiger partial charge in [-0.05, 0) is 59.3 Å². The Morgan fingerprint density at radius 1 is 1.23 bits per heavy atom. The van der Waals surface area contributed by atoms with E-state index in [4.69, 9.17) is 11.6 Å². The third kappa shape index (κ3) is 4.59. The number of amides is 1. The molecule has 0 aliphatic heterocycles. The second-order valence-corrected chi connectivity index (χ2v) is 6.86. The highest BCUT2D eigenvalue weighted by Crippen LogP contribution is 2.20. The first-order chi connectivity index (χ1) is 12.5. The molecule has 0 unspecified atom stereocenters. The Labute approximate surface area is 158 Å². The van der Waals surface area contributed by atoms with Crippen molar-refractivity contribution in [2.24, 2.45) is 0 Å². The molecule has 134 valence electrons. The summed E-state index contributed by atoms with van der Waals surface area (Å²) in [6.45, 7) is 1.84. The molecule has 6 nitrogen and oxygen atoms in total. The molecule has 0 aliphatic rings. The summed E-state index contributed by atoms with van der Waals surface area (Å²) in [4.78, 5) is 12.2. The van der Waals surface area contributed by atoms with Gasteiger partial charge in [0.25, 0.3) is 0 Å². The summed E-state index contributed by atoms with van der Waals surface area (Å²) in [7, 11) is 0. The number of aromatic nitrogens is 4. The van der Waals surface area contributed by atoms with E-state index in [2.05, 4.69) is 20.8 Å². The van der Waals surface area contributed by atoms with E-state index in [0.717, 1.165) is 11.3 Å². The van der Waals surface area contributed by atoms with Crippen LogP contribution in [0.2, 0.25) is 5.02 Å². The van der Waals surface area contributed by atoms with Crippen molar-refractivity contribution in [2.45, 2.75) is 18.1 Å². The molecule has 0 fully saturated rings. The summed E-state index contributed by atoms with van der Waals surface area (Å²) in [5.41, 5.74) is 1.58. The second-order valence-electron chi connectivity index (χ2n) is 5.48. The number of carbonyl (C=O) groups is 1. The minimum Gasteiger partial charge on any atom is -0.349 e. The van der Waals surface area contributed by atoms with Crippen LogP contribution in [-0.2, 0) is 4.79 Å². The van der Waals surface area contributed by atoms with Crippen molar-refractivity contribution in [3.05, 3.63) is 64.9 Å². The molecule has 0 radical (unpaired) electrons. The molecule has 1 N–H and O–H groups in total. The van der Waals surface area contributed by atoms with Gasteiger partial charge in [0.15, 0.2) is 0 Å². The second kappa shape index (κ2) is 8.29. The number of nitrogens with one attached hydrogen (secondary N) is 1. The van der Waals surface area contributed by atoms with Crippen molar-refractivity contribution in [1.29, 1.82) is 0 Å². The molecule has 1 amide bonds. The van der Waals surface area contributed by atoms with Gasteiger partial charge in [0.2, 0.25) is 11.1 Å². The molecule has 0 saturated heterocycles. The normalized spacial score (nSPS) is 12.0. The summed E-state index contributed by atoms with van der Waals surface area (Å²) in [6, 6.07) is 12.9. The minimum absolute atomic E-state index is 0.152. The van der Waals surface area contributed by atoms with Gasteiger partial charge in [-0.15, -0.1) is 5.10 Å². The van der Waals surface area contributed by atoms with E-state index >= 15 is 0 Å². The van der Waals surface area contributed by atoms with Crippen LogP contribution in [-0.4, -0.2) is 31.9 Å². The lowest BCUT2D eigenvalue weighted by molar-refractivity contribution is -0.119. The zero-order valence-corrected chi connectivity index (χ0v) is 15.3. The Bertz CT molecular complexity index is 885. The van der Waals surface area contributed by atoms with E-state index in [9.17, 15) is 9.18 Å². The van der Waals surface area contributed by atoms with Gasteiger partial charge < -0.3 is 5.32 Å². The van der Waals surface area contributed by atoms with Gasteiger partial charge in [-0.1, -0.05) is 35.5 Å². The summed E-state index contributed by atoms with van der Waals surface area (Å²) in [5.74, 6) is -0.325. The standard InChI is InChI=1S/C17H15ClFN5OS/c1-11(12-2-6-14(19)7-3-12)20-16(25)10-26-17-21-22-23-24(17)15-8-4-13(18)5-9-15/h2-9,11H,10H2,1H3,(H,20,25)/t11-/m1/s1. The highest BCUT2D eigenvalue weighted by Gasteiger charge is 2.14. The van der Waals surface area contributed by atoms with Crippen LogP contribution in [0.3, 0.4) is 0 Å². The Kier molecular flexibility index (Phi) is 5.85. The highest BCUT2D eigenvalue weighted by molar-refractivity contribution is 7.99. The maximum absolute atomic E-state index is 13.0. The van der Waals surface area contributed by atoms with Crippen molar-refractivity contribution in [3.8, 4) is 5.69 Å². The molecule has 26 heavy (non-hydrogen) atoms. The highest BCUT2D eigenvalue weighted by atomic mass is 35.5. The van der Waals surface area contributed by atoms with Crippen molar-refractivity contribution in [2.75, 3.05) is 5.75 Å². The van der Waals surface area contributed by atoms with Gasteiger partial charge in [0.05, 0.1) is 17.5 Å². The van der Waals surface area contributed by atoms with Crippen LogP contribution in [0.1, 0.15) is 18.5 Å². The van der Waals surface area contributed by atoms with Crippen LogP contribution in [0.15, 0.2) is 53.7 Å². The van der Waals surface area contributed by atoms with Crippen LogP contribution in [0.5, 0.6) is 0 Å². The maximum atomic E-state index is 13.0. The van der Waals surface area contributed by atoms with E-state index in [0.29, 0.717) is 10.2 Å². The predicted octanol–water partition coefficient (Wildman–Crippen LogP) is 3.42. The fraction of sp³-hybridized carbons (Fsp3) is 0.176. The number of tetrazole rings is 1. The molecule has 1 heterocycles. The van der Waals surface area contributed by atoms with Gasteiger partial charge in [0, 0.05) is 5.02 Å². The van der Waals surface area contributed by atoms with Gasteiger partial charge in [-0.25, -0.2) is 4.39 Å². The first-order valence-corrected chi connectivity index (χ1v) is 9.11. The molecule has 3 rings (SSSR count). The Morgan fingerprint density at radius 3 is 2.62 bits per heavy atom. The number of rotatable bonds is 6. The molecule has 9 heteroatoms. The summed E-state index contributed by atoms with van der Waals surface area (Å²) in [5, 5.41) is 15.5. The van der Waals surface area contributed by atoms with E-state index in [1.54, 1.807) is 36.4 Å². The molecular formula is C17H15ClFN5OS. The van der Waals surface area contributed by atoms with Crippen molar-refractivity contribution in [3.63, 3.8) is 0 Å². The molecule has 0 spiro atoms. The largest absolute Gasteiger partial charge is 0.349 e. The number of benzene rings is 2. The molecule has 3 aromatic rings. The number of halogens is 2. The molecule has 1 atom stereocenters. The van der Waals surface area contributed by atoms with Crippen LogP contribution >= 0.6 is 23.4 Å². The van der Waals surface area contributed by atoms with Gasteiger partial charge in [-0.3, -0.25) is 4.79 Å². The van der Waals surface area contributed by atoms with Crippen molar-refractivity contribution in [1.82, 2.24) is 25.5 Å². The van der Waals surface area contributed by atoms with E-state index in [1.165, 1.54) is 28.6 Å². The summed E-state index contributed by atoms with van der Waals surface area (Å²) in [6.07, 6.45) is 0. The Hall–Kier alpha value is -2.45. The maximum Gasteiger partial charge on any atom is 0.230 e. The zero-order chi connectivity index (χ0) is 18.5. The summed E-state index contributed by atoms with van der Waals surface area (Å²) >= 11 is 7.11. The average molecular weight is 392 g/mol. The zero-order valence-electron chi connectivity index (χ0n) is 13.8. The fourth-order valence-electron chi connectivity index (χ4n) is 2.26. The Morgan fingerprint density at radius 2 is 1.92 bits per heavy atom. The first-order valence-electron chi connectivity index (χ1n) is 7.75. The van der Waals surface area contributed by atoms with Gasteiger partial charge in [-0.2, -0.15) is 4.68 Å². The number of nitrogens with zero attached hydrogens (tertiary/aromatic N) is 4. The minimum atomic E-state index is -0.308. The van der Waals surface area contributed by atoms with Gasteiger partial charge >= 0.3 is 0 Å². The lowest BCUT2D eigenvalue weighted by Crippen LogP contribution is -2.28. The van der Waals surface area contributed by atoms with E-state index in [1.807, 2.05) is 6.92 Å². The smallest absolute Gasteiger partial charge is 0.230 e. The fourth-order valence-corrected chi connectivity index (χ4v) is 3.09. The first kappa shape index (κ1) is 18.3. The topological polar surface area (TPSA) is 72.7 Å². The van der Waals surface area contributed by atoms with E-state index in [-0.39, 0.29) is 23.5 Å². The third-order valence-corrected chi connectivity index (χ3v) is 4.76. The molecule has 0 bridgehead atoms.